The Morgan fingerprint density at radius 3 is 2.75 bits per heavy atom. The van der Waals surface area contributed by atoms with E-state index in [0.29, 0.717) is 17.9 Å². The minimum Gasteiger partial charge on any atom is -0.336 e. The van der Waals surface area contributed by atoms with Gasteiger partial charge in [0.05, 0.1) is 24.1 Å². The van der Waals surface area contributed by atoms with Crippen LogP contribution in [0.5, 0.6) is 0 Å². The average Bonchev–Trinajstić information content (AvgIpc) is 3.25. The fourth-order valence-electron chi connectivity index (χ4n) is 2.23. The van der Waals surface area contributed by atoms with Crippen molar-refractivity contribution in [1.29, 1.82) is 0 Å². The Balaban J connectivity index is 1.76. The third-order valence-electron chi connectivity index (χ3n) is 3.58. The van der Waals surface area contributed by atoms with Crippen molar-refractivity contribution < 1.29 is 4.79 Å². The fourth-order valence-corrected chi connectivity index (χ4v) is 2.23. The molecule has 3 heterocycles. The van der Waals surface area contributed by atoms with Crippen molar-refractivity contribution in [2.24, 2.45) is 0 Å². The van der Waals surface area contributed by atoms with Crippen LogP contribution in [0.25, 0.3) is 5.82 Å². The highest BCUT2D eigenvalue weighted by molar-refractivity contribution is 5.96. The molecule has 0 aromatic carbocycles. The van der Waals surface area contributed by atoms with Gasteiger partial charge in [0, 0.05) is 12.5 Å². The van der Waals surface area contributed by atoms with E-state index in [0.717, 1.165) is 11.4 Å². The van der Waals surface area contributed by atoms with Crippen LogP contribution in [0.15, 0.2) is 18.6 Å². The third-order valence-corrected chi connectivity index (χ3v) is 3.58. The molecule has 0 saturated heterocycles. The van der Waals surface area contributed by atoms with E-state index in [1.165, 1.54) is 17.2 Å². The first-order valence-electron chi connectivity index (χ1n) is 7.43. The van der Waals surface area contributed by atoms with E-state index in [9.17, 15) is 4.79 Å². The minimum atomic E-state index is -0.193. The van der Waals surface area contributed by atoms with Gasteiger partial charge >= 0.3 is 0 Å². The summed E-state index contributed by atoms with van der Waals surface area (Å²) in [5, 5.41) is 24.8. The number of amides is 1. The predicted molar refractivity (Wildman–Crippen MR) is 84.4 cm³/mol. The van der Waals surface area contributed by atoms with E-state index in [2.05, 4.69) is 56.7 Å². The lowest BCUT2D eigenvalue weighted by Gasteiger charge is -2.16. The molecule has 0 radical (unpaired) electrons. The molecule has 0 aliphatic carbocycles. The molecule has 24 heavy (non-hydrogen) atoms. The average molecular weight is 329 g/mol. The molecule has 0 aliphatic heterocycles. The van der Waals surface area contributed by atoms with Crippen LogP contribution in [0.3, 0.4) is 0 Å². The predicted octanol–water partition coefficient (Wildman–Crippen LogP) is 0.678. The van der Waals surface area contributed by atoms with Gasteiger partial charge in [-0.15, -0.1) is 5.10 Å². The SMILES string of the molecule is CN(Cc1cc(C(C)(C)C)n[nH]1)C(=O)c1cn[nH]c1-n1cnnn1. The Labute approximate surface area is 138 Å². The van der Waals surface area contributed by atoms with E-state index >= 15 is 0 Å². The standard InChI is InChI=1S/C14H19N9O/c1-14(2,3)11-5-9(17-18-11)7-22(4)13(24)10-6-15-19-12(10)23-8-16-20-21-23/h5-6,8H,7H2,1-4H3,(H,15,19)(H,17,18). The van der Waals surface area contributed by atoms with Crippen LogP contribution in [-0.2, 0) is 12.0 Å². The summed E-state index contributed by atoms with van der Waals surface area (Å²) in [4.78, 5) is 14.3. The van der Waals surface area contributed by atoms with Gasteiger partial charge in [0.2, 0.25) is 0 Å². The first-order valence-corrected chi connectivity index (χ1v) is 7.43. The summed E-state index contributed by atoms with van der Waals surface area (Å²) >= 11 is 0. The normalized spacial score (nSPS) is 11.7. The van der Waals surface area contributed by atoms with Gasteiger partial charge in [-0.05, 0) is 16.5 Å². The Morgan fingerprint density at radius 1 is 1.33 bits per heavy atom. The Bertz CT molecular complexity index is 825. The molecule has 2 N–H and O–H groups in total. The maximum absolute atomic E-state index is 12.7. The third kappa shape index (κ3) is 3.03. The van der Waals surface area contributed by atoms with E-state index in [1.807, 2.05) is 6.07 Å². The van der Waals surface area contributed by atoms with Crippen molar-refractivity contribution in [2.45, 2.75) is 32.7 Å². The largest absolute Gasteiger partial charge is 0.336 e. The minimum absolute atomic E-state index is 0.0465. The summed E-state index contributed by atoms with van der Waals surface area (Å²) in [6.07, 6.45) is 2.86. The lowest BCUT2D eigenvalue weighted by Crippen LogP contribution is -2.27. The fraction of sp³-hybridized carbons (Fsp3) is 0.429. The second-order valence-electron chi connectivity index (χ2n) is 6.58. The lowest BCUT2D eigenvalue weighted by molar-refractivity contribution is 0.0783. The van der Waals surface area contributed by atoms with Gasteiger partial charge in [-0.25, -0.2) is 0 Å². The number of nitrogens with one attached hydrogen (secondary N) is 2. The van der Waals surface area contributed by atoms with Crippen molar-refractivity contribution in [3.63, 3.8) is 0 Å². The number of carbonyl (C=O) groups is 1. The highest BCUT2D eigenvalue weighted by Gasteiger charge is 2.22. The van der Waals surface area contributed by atoms with Crippen LogP contribution in [0.2, 0.25) is 0 Å². The van der Waals surface area contributed by atoms with Gasteiger partial charge in [0.15, 0.2) is 5.82 Å². The number of tetrazole rings is 1. The van der Waals surface area contributed by atoms with Crippen LogP contribution in [0, 0.1) is 0 Å². The zero-order chi connectivity index (χ0) is 17.3. The number of nitrogens with zero attached hydrogens (tertiary/aromatic N) is 7. The molecule has 10 nitrogen and oxygen atoms in total. The van der Waals surface area contributed by atoms with Crippen molar-refractivity contribution in [2.75, 3.05) is 7.05 Å². The van der Waals surface area contributed by atoms with E-state index in [4.69, 9.17) is 0 Å². The summed E-state index contributed by atoms with van der Waals surface area (Å²) in [5.41, 5.74) is 2.16. The molecule has 0 aliphatic rings. The van der Waals surface area contributed by atoms with Crippen LogP contribution in [0.4, 0.5) is 0 Å². The molecule has 0 bridgehead atoms. The maximum atomic E-state index is 12.7. The smallest absolute Gasteiger partial charge is 0.259 e. The monoisotopic (exact) mass is 329 g/mol. The lowest BCUT2D eigenvalue weighted by atomic mass is 9.92. The zero-order valence-corrected chi connectivity index (χ0v) is 14.0. The highest BCUT2D eigenvalue weighted by atomic mass is 16.2. The number of carbonyl (C=O) groups excluding carboxylic acids is 1. The molecule has 10 heteroatoms. The summed E-state index contributed by atoms with van der Waals surface area (Å²) in [7, 11) is 1.72. The number of hydrogen-bond donors (Lipinski definition) is 2. The van der Waals surface area contributed by atoms with Crippen LogP contribution in [0.1, 0.15) is 42.5 Å². The van der Waals surface area contributed by atoms with Crippen molar-refractivity contribution in [1.82, 2.24) is 45.5 Å². The molecule has 0 unspecified atom stereocenters. The van der Waals surface area contributed by atoms with Gasteiger partial charge < -0.3 is 4.90 Å². The van der Waals surface area contributed by atoms with Gasteiger partial charge in [0.1, 0.15) is 11.9 Å². The molecule has 1 amide bonds. The molecule has 0 fully saturated rings. The van der Waals surface area contributed by atoms with Crippen LogP contribution in [-0.4, -0.2) is 58.5 Å². The topological polar surface area (TPSA) is 121 Å². The first kappa shape index (κ1) is 15.8. The highest BCUT2D eigenvalue weighted by Crippen LogP contribution is 2.21. The molecular weight excluding hydrogens is 310 g/mol. The molecule has 0 atom stereocenters. The van der Waals surface area contributed by atoms with Crippen LogP contribution < -0.4 is 0 Å². The van der Waals surface area contributed by atoms with Crippen molar-refractivity contribution in [3.8, 4) is 5.82 Å². The molecule has 0 spiro atoms. The second-order valence-corrected chi connectivity index (χ2v) is 6.58. The number of aromatic amines is 2. The first-order chi connectivity index (χ1) is 11.4. The number of hydrogen-bond acceptors (Lipinski definition) is 6. The molecule has 3 aromatic heterocycles. The molecule has 3 rings (SSSR count). The van der Waals surface area contributed by atoms with Crippen molar-refractivity contribution >= 4 is 5.91 Å². The molecule has 0 saturated carbocycles. The second kappa shape index (κ2) is 5.87. The summed E-state index contributed by atoms with van der Waals surface area (Å²) < 4.78 is 1.36. The Hall–Kier alpha value is -3.04. The molecular formula is C14H19N9O. The van der Waals surface area contributed by atoms with E-state index in [1.54, 1.807) is 11.9 Å². The number of rotatable bonds is 4. The van der Waals surface area contributed by atoms with Crippen molar-refractivity contribution in [3.05, 3.63) is 35.5 Å². The zero-order valence-electron chi connectivity index (χ0n) is 14.0. The Morgan fingerprint density at radius 2 is 2.12 bits per heavy atom. The van der Waals surface area contributed by atoms with Gasteiger partial charge in [-0.3, -0.25) is 15.0 Å². The van der Waals surface area contributed by atoms with Gasteiger partial charge in [-0.1, -0.05) is 20.8 Å². The summed E-state index contributed by atoms with van der Waals surface area (Å²) in [6.45, 7) is 6.67. The van der Waals surface area contributed by atoms with E-state index < -0.39 is 0 Å². The van der Waals surface area contributed by atoms with E-state index in [-0.39, 0.29) is 11.3 Å². The quantitative estimate of drug-likeness (QED) is 0.726. The van der Waals surface area contributed by atoms with Gasteiger partial charge in [-0.2, -0.15) is 14.9 Å². The summed E-state index contributed by atoms with van der Waals surface area (Å²) in [6, 6.07) is 1.97. The van der Waals surface area contributed by atoms with Gasteiger partial charge in [0.25, 0.3) is 5.91 Å². The Kier molecular flexibility index (Phi) is 3.87. The van der Waals surface area contributed by atoms with Crippen LogP contribution >= 0.6 is 0 Å². The molecule has 3 aromatic rings. The number of aromatic nitrogens is 8. The summed E-state index contributed by atoms with van der Waals surface area (Å²) in [5.74, 6) is 0.234. The number of H-pyrrole nitrogens is 2. The maximum Gasteiger partial charge on any atom is 0.259 e. The molecule has 126 valence electrons.